The van der Waals surface area contributed by atoms with Gasteiger partial charge in [-0.3, -0.25) is 4.79 Å². The molecule has 6 heteroatoms. The maximum Gasteiger partial charge on any atom is 0.335 e. The predicted octanol–water partition coefficient (Wildman–Crippen LogP) is 0.929. The minimum atomic E-state index is -1.02. The third-order valence-electron chi connectivity index (χ3n) is 2.72. The van der Waals surface area contributed by atoms with Gasteiger partial charge in [-0.25, -0.2) is 4.79 Å². The number of hydrogen-bond donors (Lipinski definition) is 3. The van der Waals surface area contributed by atoms with Crippen molar-refractivity contribution < 1.29 is 14.7 Å². The molecule has 0 saturated carbocycles. The van der Waals surface area contributed by atoms with Gasteiger partial charge in [0.15, 0.2) is 0 Å². The van der Waals surface area contributed by atoms with Crippen LogP contribution in [0.3, 0.4) is 0 Å². The maximum absolute atomic E-state index is 11.5. The zero-order valence-electron chi connectivity index (χ0n) is 11.1. The van der Waals surface area contributed by atoms with Crippen molar-refractivity contribution in [2.75, 3.05) is 30.8 Å². The Morgan fingerprint density at radius 2 is 2.11 bits per heavy atom. The van der Waals surface area contributed by atoms with Crippen LogP contribution in [0.15, 0.2) is 18.2 Å². The fourth-order valence-electron chi connectivity index (χ4n) is 1.78. The van der Waals surface area contributed by atoms with Crippen LogP contribution in [0.25, 0.3) is 0 Å². The van der Waals surface area contributed by atoms with E-state index >= 15 is 0 Å². The number of carbonyl (C=O) groups is 2. The fraction of sp³-hybridized carbons (Fsp3) is 0.385. The van der Waals surface area contributed by atoms with Crippen LogP contribution in [0.5, 0.6) is 0 Å². The zero-order chi connectivity index (χ0) is 14.4. The Labute approximate surface area is 112 Å². The van der Waals surface area contributed by atoms with Crippen molar-refractivity contribution in [1.82, 2.24) is 5.32 Å². The molecule has 104 valence electrons. The topological polar surface area (TPSA) is 95.7 Å². The van der Waals surface area contributed by atoms with Crippen LogP contribution in [0, 0.1) is 0 Å². The second-order valence-electron chi connectivity index (χ2n) is 4.17. The molecule has 0 unspecified atom stereocenters. The van der Waals surface area contributed by atoms with Crippen LogP contribution in [0.4, 0.5) is 11.4 Å². The van der Waals surface area contributed by atoms with Gasteiger partial charge in [-0.2, -0.15) is 0 Å². The number of benzene rings is 1. The lowest BCUT2D eigenvalue weighted by Gasteiger charge is -2.25. The molecule has 1 rings (SSSR count). The largest absolute Gasteiger partial charge is 0.478 e. The van der Waals surface area contributed by atoms with Gasteiger partial charge in [0, 0.05) is 13.6 Å². The first-order chi connectivity index (χ1) is 8.99. The number of nitrogens with zero attached hydrogens (tertiary/aromatic N) is 1. The Balaban J connectivity index is 3.02. The Kier molecular flexibility index (Phi) is 5.17. The molecule has 0 aromatic heterocycles. The standard InChI is InChI=1S/C13H19N3O3/c1-3-6-16(8-12(17)15-2)11-5-4-9(13(18)19)7-10(11)14/h4-5,7H,3,6,8,14H2,1-2H3,(H,15,17)(H,18,19). The van der Waals surface area contributed by atoms with E-state index in [2.05, 4.69) is 5.32 Å². The summed E-state index contributed by atoms with van der Waals surface area (Å²) in [5, 5.41) is 11.4. The summed E-state index contributed by atoms with van der Waals surface area (Å²) < 4.78 is 0. The van der Waals surface area contributed by atoms with Crippen LogP contribution in [-0.2, 0) is 4.79 Å². The van der Waals surface area contributed by atoms with Crippen molar-refractivity contribution in [1.29, 1.82) is 0 Å². The molecule has 4 N–H and O–H groups in total. The molecule has 0 fully saturated rings. The summed E-state index contributed by atoms with van der Waals surface area (Å²) in [5.41, 5.74) is 7.04. The van der Waals surface area contributed by atoms with Gasteiger partial charge in [0.1, 0.15) is 0 Å². The fourth-order valence-corrected chi connectivity index (χ4v) is 1.78. The van der Waals surface area contributed by atoms with Gasteiger partial charge in [-0.05, 0) is 24.6 Å². The van der Waals surface area contributed by atoms with Crippen LogP contribution < -0.4 is 16.0 Å². The van der Waals surface area contributed by atoms with E-state index in [-0.39, 0.29) is 18.0 Å². The molecule has 0 bridgehead atoms. The average Bonchev–Trinajstić information content (AvgIpc) is 2.37. The van der Waals surface area contributed by atoms with Crippen LogP contribution in [0.1, 0.15) is 23.7 Å². The molecule has 1 aromatic rings. The Morgan fingerprint density at radius 3 is 2.58 bits per heavy atom. The van der Waals surface area contributed by atoms with E-state index in [9.17, 15) is 9.59 Å². The number of anilines is 2. The summed E-state index contributed by atoms with van der Waals surface area (Å²) in [4.78, 5) is 24.2. The van der Waals surface area contributed by atoms with Gasteiger partial charge in [0.25, 0.3) is 0 Å². The number of nitrogens with two attached hydrogens (primary N) is 1. The van der Waals surface area contributed by atoms with E-state index in [1.807, 2.05) is 11.8 Å². The van der Waals surface area contributed by atoms with Crippen molar-refractivity contribution in [2.24, 2.45) is 0 Å². The molecular weight excluding hydrogens is 246 g/mol. The highest BCUT2D eigenvalue weighted by Crippen LogP contribution is 2.24. The van der Waals surface area contributed by atoms with Crippen molar-refractivity contribution in [3.8, 4) is 0 Å². The summed E-state index contributed by atoms with van der Waals surface area (Å²) in [7, 11) is 1.57. The van der Waals surface area contributed by atoms with Gasteiger partial charge < -0.3 is 21.1 Å². The summed E-state index contributed by atoms with van der Waals surface area (Å²) in [6.07, 6.45) is 0.858. The molecule has 0 atom stereocenters. The molecule has 1 aromatic carbocycles. The number of carbonyl (C=O) groups excluding carboxylic acids is 1. The first kappa shape index (κ1) is 14.8. The number of rotatable bonds is 6. The Bertz CT molecular complexity index is 474. The number of hydrogen-bond acceptors (Lipinski definition) is 4. The van der Waals surface area contributed by atoms with Gasteiger partial charge in [-0.1, -0.05) is 6.92 Å². The number of aromatic carboxylic acids is 1. The smallest absolute Gasteiger partial charge is 0.335 e. The number of nitrogens with one attached hydrogen (secondary N) is 1. The number of amides is 1. The third kappa shape index (κ3) is 3.87. The number of nitrogen functional groups attached to an aromatic ring is 1. The molecule has 0 aliphatic carbocycles. The van der Waals surface area contributed by atoms with Gasteiger partial charge in [0.05, 0.1) is 23.5 Å². The number of likely N-dealkylation sites (N-methyl/N-ethyl adjacent to an activating group) is 1. The van der Waals surface area contributed by atoms with Crippen LogP contribution in [-0.4, -0.2) is 37.1 Å². The van der Waals surface area contributed by atoms with Crippen LogP contribution >= 0.6 is 0 Å². The van der Waals surface area contributed by atoms with E-state index in [0.29, 0.717) is 17.9 Å². The van der Waals surface area contributed by atoms with Gasteiger partial charge in [-0.15, -0.1) is 0 Å². The normalized spacial score (nSPS) is 10.0. The highest BCUT2D eigenvalue weighted by Gasteiger charge is 2.14. The van der Waals surface area contributed by atoms with Gasteiger partial charge >= 0.3 is 5.97 Å². The molecule has 1 amide bonds. The second kappa shape index (κ2) is 6.63. The van der Waals surface area contributed by atoms with Crippen molar-refractivity contribution in [2.45, 2.75) is 13.3 Å². The van der Waals surface area contributed by atoms with Crippen LogP contribution in [0.2, 0.25) is 0 Å². The van der Waals surface area contributed by atoms with E-state index in [4.69, 9.17) is 10.8 Å². The lowest BCUT2D eigenvalue weighted by molar-refractivity contribution is -0.119. The average molecular weight is 265 g/mol. The molecule has 19 heavy (non-hydrogen) atoms. The predicted molar refractivity (Wildman–Crippen MR) is 74.4 cm³/mol. The Morgan fingerprint density at radius 1 is 1.42 bits per heavy atom. The van der Waals surface area contributed by atoms with Crippen molar-refractivity contribution in [3.05, 3.63) is 23.8 Å². The van der Waals surface area contributed by atoms with E-state index < -0.39 is 5.97 Å². The number of carboxylic acid groups (broad SMARTS) is 1. The van der Waals surface area contributed by atoms with Crippen molar-refractivity contribution in [3.63, 3.8) is 0 Å². The summed E-state index contributed by atoms with van der Waals surface area (Å²) in [6, 6.07) is 4.53. The molecule has 6 nitrogen and oxygen atoms in total. The van der Waals surface area contributed by atoms with E-state index in [0.717, 1.165) is 6.42 Å². The number of carboxylic acids is 1. The van der Waals surface area contributed by atoms with E-state index in [1.165, 1.54) is 12.1 Å². The van der Waals surface area contributed by atoms with E-state index in [1.54, 1.807) is 13.1 Å². The summed E-state index contributed by atoms with van der Waals surface area (Å²) in [6.45, 7) is 2.86. The summed E-state index contributed by atoms with van der Waals surface area (Å²) in [5.74, 6) is -1.14. The van der Waals surface area contributed by atoms with Crippen molar-refractivity contribution >= 4 is 23.3 Å². The molecule has 0 radical (unpaired) electrons. The highest BCUT2D eigenvalue weighted by molar-refractivity contribution is 5.91. The minimum absolute atomic E-state index is 0.116. The SMILES string of the molecule is CCCN(CC(=O)NC)c1ccc(C(=O)O)cc1N. The molecular formula is C13H19N3O3. The molecule has 0 heterocycles. The summed E-state index contributed by atoms with van der Waals surface area (Å²) >= 11 is 0. The first-order valence-electron chi connectivity index (χ1n) is 6.08. The zero-order valence-corrected chi connectivity index (χ0v) is 11.1. The second-order valence-corrected chi connectivity index (χ2v) is 4.17. The highest BCUT2D eigenvalue weighted by atomic mass is 16.4. The lowest BCUT2D eigenvalue weighted by atomic mass is 10.1. The monoisotopic (exact) mass is 265 g/mol. The molecule has 0 aliphatic rings. The Hall–Kier alpha value is -2.24. The minimum Gasteiger partial charge on any atom is -0.478 e. The molecule has 0 aliphatic heterocycles. The third-order valence-corrected chi connectivity index (χ3v) is 2.72. The molecule has 0 saturated heterocycles. The molecule has 0 spiro atoms. The lowest BCUT2D eigenvalue weighted by Crippen LogP contribution is -2.36. The quantitative estimate of drug-likeness (QED) is 0.665. The maximum atomic E-state index is 11.5. The van der Waals surface area contributed by atoms with Gasteiger partial charge in [0.2, 0.25) is 5.91 Å². The first-order valence-corrected chi connectivity index (χ1v) is 6.08.